The predicted octanol–water partition coefficient (Wildman–Crippen LogP) is 4.42. The van der Waals surface area contributed by atoms with Crippen molar-refractivity contribution in [1.29, 1.82) is 0 Å². The first-order valence-corrected chi connectivity index (χ1v) is 9.21. The van der Waals surface area contributed by atoms with E-state index < -0.39 is 5.41 Å². The summed E-state index contributed by atoms with van der Waals surface area (Å²) in [7, 11) is 0. The van der Waals surface area contributed by atoms with E-state index in [1.165, 1.54) is 31.3 Å². The van der Waals surface area contributed by atoms with Crippen molar-refractivity contribution >= 4 is 11.9 Å². The Morgan fingerprint density at radius 2 is 1.92 bits per heavy atom. The molecule has 1 fully saturated rings. The molecule has 1 aliphatic heterocycles. The Bertz CT molecular complexity index is 521. The Balaban J connectivity index is 2.12. The maximum absolute atomic E-state index is 12.6. The zero-order valence-electron chi connectivity index (χ0n) is 15.5. The molecule has 0 N–H and O–H groups in total. The van der Waals surface area contributed by atoms with E-state index in [2.05, 4.69) is 6.08 Å². The second kappa shape index (κ2) is 8.00. The van der Waals surface area contributed by atoms with Crippen LogP contribution in [0, 0.1) is 17.3 Å². The summed E-state index contributed by atoms with van der Waals surface area (Å²) in [4.78, 5) is 26.0. The fraction of sp³-hybridized carbons (Fsp3) is 0.700. The van der Waals surface area contributed by atoms with Gasteiger partial charge in [0.1, 0.15) is 0 Å². The molecule has 0 aromatic rings. The van der Waals surface area contributed by atoms with E-state index in [-0.39, 0.29) is 17.8 Å². The van der Waals surface area contributed by atoms with Gasteiger partial charge < -0.3 is 4.74 Å². The van der Waals surface area contributed by atoms with Crippen LogP contribution in [-0.2, 0) is 14.3 Å². The highest BCUT2D eigenvalue weighted by Gasteiger charge is 2.31. The monoisotopic (exact) mass is 333 g/mol. The Morgan fingerprint density at radius 3 is 2.50 bits per heavy atom. The molecule has 2 rings (SSSR count). The first kappa shape index (κ1) is 18.8. The minimum Gasteiger partial charge on any atom is -0.466 e. The minimum absolute atomic E-state index is 0.109. The predicted molar refractivity (Wildman–Crippen MR) is 94.8 cm³/mol. The van der Waals surface area contributed by atoms with Crippen molar-refractivity contribution in [3.8, 4) is 0 Å². The Kier molecular flexibility index (Phi) is 6.25. The van der Waals surface area contributed by atoms with E-state index in [9.17, 15) is 9.59 Å². The smallest absolute Gasteiger partial charge is 0.305 e. The summed E-state index contributed by atoms with van der Waals surface area (Å²) < 4.78 is 5.05. The molecular formula is C20H31NO3. The molecule has 24 heavy (non-hydrogen) atoms. The van der Waals surface area contributed by atoms with Gasteiger partial charge in [0.15, 0.2) is 0 Å². The number of hydrogen-bond acceptors (Lipinski definition) is 3. The van der Waals surface area contributed by atoms with Crippen molar-refractivity contribution in [3.63, 3.8) is 0 Å². The fourth-order valence-electron chi connectivity index (χ4n) is 3.56. The number of amides is 1. The van der Waals surface area contributed by atoms with E-state index in [0.29, 0.717) is 18.9 Å². The lowest BCUT2D eigenvalue weighted by atomic mass is 9.82. The topological polar surface area (TPSA) is 46.6 Å². The van der Waals surface area contributed by atoms with Crippen LogP contribution in [0.3, 0.4) is 0 Å². The van der Waals surface area contributed by atoms with Crippen LogP contribution in [0.2, 0.25) is 0 Å². The lowest BCUT2D eigenvalue weighted by Gasteiger charge is -2.32. The first-order chi connectivity index (χ1) is 11.3. The van der Waals surface area contributed by atoms with Crippen LogP contribution >= 0.6 is 0 Å². The molecule has 0 saturated heterocycles. The normalized spacial score (nSPS) is 21.8. The third-order valence-electron chi connectivity index (χ3n) is 4.86. The van der Waals surface area contributed by atoms with E-state index >= 15 is 0 Å². The quantitative estimate of drug-likeness (QED) is 0.700. The molecule has 0 radical (unpaired) electrons. The number of carbonyl (C=O) groups excluding carboxylic acids is 2. The number of allylic oxidation sites excluding steroid dienone is 2. The van der Waals surface area contributed by atoms with Gasteiger partial charge in [0.2, 0.25) is 5.91 Å². The van der Waals surface area contributed by atoms with Crippen LogP contribution in [0.25, 0.3) is 0 Å². The lowest BCUT2D eigenvalue weighted by molar-refractivity contribution is -0.143. The number of rotatable bonds is 5. The van der Waals surface area contributed by atoms with E-state index in [0.717, 1.165) is 6.42 Å². The van der Waals surface area contributed by atoms with Crippen molar-refractivity contribution in [1.82, 2.24) is 4.90 Å². The number of hydrogen-bond donors (Lipinski definition) is 0. The van der Waals surface area contributed by atoms with E-state index in [1.807, 2.05) is 40.1 Å². The molecule has 1 atom stereocenters. The SMILES string of the molecule is CCOC(=O)CCC1C=CN(C(=O)C(C)(C)C)C=C1C1CCCC1. The highest BCUT2D eigenvalue weighted by Crippen LogP contribution is 2.39. The third kappa shape index (κ3) is 4.71. The number of nitrogens with zero attached hydrogens (tertiary/aromatic N) is 1. The standard InChI is InChI=1S/C20H31NO3/c1-5-24-18(22)11-10-16-12-13-21(19(23)20(2,3)4)14-17(16)15-8-6-7-9-15/h12-16H,5-11H2,1-4H3. The molecule has 0 spiro atoms. The molecule has 4 nitrogen and oxygen atoms in total. The molecule has 1 heterocycles. The molecule has 0 aromatic heterocycles. The van der Waals surface area contributed by atoms with Gasteiger partial charge in [-0.1, -0.05) is 39.7 Å². The first-order valence-electron chi connectivity index (χ1n) is 9.21. The molecule has 0 aromatic carbocycles. The van der Waals surface area contributed by atoms with Gasteiger partial charge in [-0.15, -0.1) is 0 Å². The van der Waals surface area contributed by atoms with Crippen LogP contribution in [0.5, 0.6) is 0 Å². The summed E-state index contributed by atoms with van der Waals surface area (Å²) in [5.41, 5.74) is 0.913. The van der Waals surface area contributed by atoms with Gasteiger partial charge in [-0.25, -0.2) is 0 Å². The van der Waals surface area contributed by atoms with Crippen molar-refractivity contribution in [2.45, 2.75) is 66.2 Å². The van der Waals surface area contributed by atoms with Gasteiger partial charge in [0, 0.05) is 30.2 Å². The van der Waals surface area contributed by atoms with E-state index in [1.54, 1.807) is 4.90 Å². The average molecular weight is 333 g/mol. The van der Waals surface area contributed by atoms with Crippen LogP contribution in [0.15, 0.2) is 24.0 Å². The highest BCUT2D eigenvalue weighted by molar-refractivity contribution is 5.83. The second-order valence-corrected chi connectivity index (χ2v) is 7.86. The van der Waals surface area contributed by atoms with Crippen LogP contribution in [0.1, 0.15) is 66.2 Å². The van der Waals surface area contributed by atoms with Gasteiger partial charge >= 0.3 is 5.97 Å². The summed E-state index contributed by atoms with van der Waals surface area (Å²) in [5, 5.41) is 0. The van der Waals surface area contributed by atoms with Crippen LogP contribution < -0.4 is 0 Å². The Morgan fingerprint density at radius 1 is 1.25 bits per heavy atom. The van der Waals surface area contributed by atoms with Crippen LogP contribution in [-0.4, -0.2) is 23.4 Å². The maximum Gasteiger partial charge on any atom is 0.305 e. The molecule has 2 aliphatic rings. The number of carbonyl (C=O) groups is 2. The number of esters is 1. The summed E-state index contributed by atoms with van der Waals surface area (Å²) in [5.74, 6) is 0.752. The average Bonchev–Trinajstić information content (AvgIpc) is 3.05. The fourth-order valence-corrected chi connectivity index (χ4v) is 3.56. The molecule has 1 saturated carbocycles. The van der Waals surface area contributed by atoms with Crippen molar-refractivity contribution in [2.75, 3.05) is 6.61 Å². The molecule has 1 aliphatic carbocycles. The number of ether oxygens (including phenoxy) is 1. The van der Waals surface area contributed by atoms with Gasteiger partial charge in [-0.05, 0) is 37.7 Å². The van der Waals surface area contributed by atoms with Crippen LogP contribution in [0.4, 0.5) is 0 Å². The van der Waals surface area contributed by atoms with Crippen molar-refractivity contribution < 1.29 is 14.3 Å². The Labute approximate surface area is 145 Å². The molecule has 134 valence electrons. The summed E-state index contributed by atoms with van der Waals surface area (Å²) >= 11 is 0. The van der Waals surface area contributed by atoms with Crippen molar-refractivity contribution in [3.05, 3.63) is 24.0 Å². The summed E-state index contributed by atoms with van der Waals surface area (Å²) in [6.45, 7) is 8.09. The molecule has 0 bridgehead atoms. The molecular weight excluding hydrogens is 302 g/mol. The molecule has 1 unspecified atom stereocenters. The lowest BCUT2D eigenvalue weighted by Crippen LogP contribution is -2.35. The Hall–Kier alpha value is -1.58. The third-order valence-corrected chi connectivity index (χ3v) is 4.86. The van der Waals surface area contributed by atoms with Gasteiger partial charge in [-0.2, -0.15) is 0 Å². The molecule has 1 amide bonds. The van der Waals surface area contributed by atoms with E-state index in [4.69, 9.17) is 4.74 Å². The molecule has 4 heteroatoms. The highest BCUT2D eigenvalue weighted by atomic mass is 16.5. The van der Waals surface area contributed by atoms with Gasteiger partial charge in [0.25, 0.3) is 0 Å². The summed E-state index contributed by atoms with van der Waals surface area (Å²) in [6, 6.07) is 0. The zero-order chi connectivity index (χ0) is 17.7. The van der Waals surface area contributed by atoms with Gasteiger partial charge in [-0.3, -0.25) is 14.5 Å². The summed E-state index contributed by atoms with van der Waals surface area (Å²) in [6.07, 6.45) is 12.1. The van der Waals surface area contributed by atoms with Crippen molar-refractivity contribution in [2.24, 2.45) is 17.3 Å². The largest absolute Gasteiger partial charge is 0.466 e. The zero-order valence-corrected chi connectivity index (χ0v) is 15.5. The maximum atomic E-state index is 12.6. The second-order valence-electron chi connectivity index (χ2n) is 7.86. The minimum atomic E-state index is -0.403. The van der Waals surface area contributed by atoms with Gasteiger partial charge in [0.05, 0.1) is 6.61 Å².